The van der Waals surface area contributed by atoms with E-state index < -0.39 is 5.91 Å². The molecular formula is C23H26Cl2N4O2S. The SMILES string of the molecule is CC(C)(C)C(=O)N1CCN(c2ccc(NC(=S)NC(=O)c3ccccc3Cl)cc2Cl)CC1. The third-order valence-corrected chi connectivity index (χ3v) is 5.94. The summed E-state index contributed by atoms with van der Waals surface area (Å²) < 4.78 is 0. The van der Waals surface area contributed by atoms with Crippen molar-refractivity contribution in [1.82, 2.24) is 10.2 Å². The summed E-state index contributed by atoms with van der Waals surface area (Å²) in [6, 6.07) is 12.3. The average molecular weight is 493 g/mol. The Labute approximate surface area is 203 Å². The zero-order valence-electron chi connectivity index (χ0n) is 18.2. The quantitative estimate of drug-likeness (QED) is 0.601. The minimum Gasteiger partial charge on any atom is -0.367 e. The lowest BCUT2D eigenvalue weighted by molar-refractivity contribution is -0.139. The highest BCUT2D eigenvalue weighted by molar-refractivity contribution is 7.80. The number of benzene rings is 2. The lowest BCUT2D eigenvalue weighted by atomic mass is 9.94. The van der Waals surface area contributed by atoms with Gasteiger partial charge in [-0.3, -0.25) is 14.9 Å². The van der Waals surface area contributed by atoms with E-state index in [-0.39, 0.29) is 16.4 Å². The molecular weight excluding hydrogens is 467 g/mol. The molecule has 0 bridgehead atoms. The summed E-state index contributed by atoms with van der Waals surface area (Å²) in [6.45, 7) is 8.54. The minimum atomic E-state index is -0.390. The molecule has 2 amide bonds. The van der Waals surface area contributed by atoms with Gasteiger partial charge in [-0.25, -0.2) is 0 Å². The van der Waals surface area contributed by atoms with Gasteiger partial charge in [-0.1, -0.05) is 56.1 Å². The molecule has 0 spiro atoms. The first-order chi connectivity index (χ1) is 15.1. The van der Waals surface area contributed by atoms with Gasteiger partial charge < -0.3 is 15.1 Å². The fourth-order valence-electron chi connectivity index (χ4n) is 3.44. The van der Waals surface area contributed by atoms with Gasteiger partial charge in [0, 0.05) is 37.3 Å². The molecule has 9 heteroatoms. The molecule has 6 nitrogen and oxygen atoms in total. The van der Waals surface area contributed by atoms with Gasteiger partial charge in [0.1, 0.15) is 0 Å². The Morgan fingerprint density at radius 3 is 2.22 bits per heavy atom. The Kier molecular flexibility index (Phi) is 7.64. The lowest BCUT2D eigenvalue weighted by Crippen LogP contribution is -2.51. The molecule has 2 N–H and O–H groups in total. The van der Waals surface area contributed by atoms with Crippen LogP contribution in [0.4, 0.5) is 11.4 Å². The smallest absolute Gasteiger partial charge is 0.258 e. The Balaban J connectivity index is 1.58. The molecule has 2 aromatic carbocycles. The van der Waals surface area contributed by atoms with E-state index in [1.165, 1.54) is 0 Å². The van der Waals surface area contributed by atoms with E-state index in [2.05, 4.69) is 15.5 Å². The Hall–Kier alpha value is -2.35. The van der Waals surface area contributed by atoms with E-state index in [1.54, 1.807) is 30.3 Å². The Morgan fingerprint density at radius 2 is 1.62 bits per heavy atom. The number of nitrogens with one attached hydrogen (secondary N) is 2. The van der Waals surface area contributed by atoms with Crippen LogP contribution in [0, 0.1) is 5.41 Å². The second kappa shape index (κ2) is 10.1. The van der Waals surface area contributed by atoms with Crippen LogP contribution in [0.25, 0.3) is 0 Å². The summed E-state index contributed by atoms with van der Waals surface area (Å²) in [7, 11) is 0. The minimum absolute atomic E-state index is 0.146. The molecule has 1 saturated heterocycles. The molecule has 1 aliphatic rings. The van der Waals surface area contributed by atoms with Crippen molar-refractivity contribution in [3.05, 3.63) is 58.1 Å². The molecule has 2 aromatic rings. The zero-order chi connectivity index (χ0) is 23.5. The summed E-state index contributed by atoms with van der Waals surface area (Å²) in [6.07, 6.45) is 0. The normalized spacial score (nSPS) is 14.2. The van der Waals surface area contributed by atoms with Gasteiger partial charge in [-0.05, 0) is 42.5 Å². The summed E-state index contributed by atoms with van der Waals surface area (Å²) in [4.78, 5) is 28.9. The van der Waals surface area contributed by atoms with E-state index in [1.807, 2.05) is 37.8 Å². The molecule has 0 aromatic heterocycles. The van der Waals surface area contributed by atoms with Crippen LogP contribution in [-0.4, -0.2) is 48.0 Å². The van der Waals surface area contributed by atoms with Crippen molar-refractivity contribution < 1.29 is 9.59 Å². The van der Waals surface area contributed by atoms with Crippen LogP contribution in [0.15, 0.2) is 42.5 Å². The average Bonchev–Trinajstić information content (AvgIpc) is 2.73. The predicted octanol–water partition coefficient (Wildman–Crippen LogP) is 4.81. The second-order valence-electron chi connectivity index (χ2n) is 8.58. The Bertz CT molecular complexity index is 1030. The molecule has 3 rings (SSSR count). The summed E-state index contributed by atoms with van der Waals surface area (Å²) in [5.41, 5.74) is 1.51. The van der Waals surface area contributed by atoms with Crippen molar-refractivity contribution in [1.29, 1.82) is 0 Å². The van der Waals surface area contributed by atoms with Crippen LogP contribution in [0.2, 0.25) is 10.0 Å². The molecule has 0 aliphatic carbocycles. The molecule has 1 aliphatic heterocycles. The van der Waals surface area contributed by atoms with Crippen molar-refractivity contribution in [3.63, 3.8) is 0 Å². The summed E-state index contributed by atoms with van der Waals surface area (Å²) in [5.74, 6) is -0.228. The number of halogens is 2. The topological polar surface area (TPSA) is 64.7 Å². The van der Waals surface area contributed by atoms with Gasteiger partial charge in [-0.2, -0.15) is 0 Å². The predicted molar refractivity (Wildman–Crippen MR) is 135 cm³/mol. The van der Waals surface area contributed by atoms with E-state index in [4.69, 9.17) is 35.4 Å². The van der Waals surface area contributed by atoms with E-state index in [0.29, 0.717) is 47.5 Å². The number of hydrogen-bond donors (Lipinski definition) is 2. The number of carbonyl (C=O) groups is 2. The number of carbonyl (C=O) groups excluding carboxylic acids is 2. The Morgan fingerprint density at radius 1 is 0.969 bits per heavy atom. The first-order valence-electron chi connectivity index (χ1n) is 10.3. The summed E-state index contributed by atoms with van der Waals surface area (Å²) in [5, 5.41) is 6.65. The number of rotatable bonds is 3. The van der Waals surface area contributed by atoms with Gasteiger partial charge in [-0.15, -0.1) is 0 Å². The molecule has 32 heavy (non-hydrogen) atoms. The van der Waals surface area contributed by atoms with Crippen LogP contribution < -0.4 is 15.5 Å². The third kappa shape index (κ3) is 5.91. The van der Waals surface area contributed by atoms with Crippen LogP contribution in [-0.2, 0) is 4.79 Å². The maximum Gasteiger partial charge on any atom is 0.258 e. The first-order valence-corrected chi connectivity index (χ1v) is 11.4. The second-order valence-corrected chi connectivity index (χ2v) is 9.81. The largest absolute Gasteiger partial charge is 0.367 e. The summed E-state index contributed by atoms with van der Waals surface area (Å²) >= 11 is 17.8. The van der Waals surface area contributed by atoms with Gasteiger partial charge in [0.15, 0.2) is 5.11 Å². The third-order valence-electron chi connectivity index (χ3n) is 5.10. The number of thiocarbonyl (C=S) groups is 1. The maximum atomic E-state index is 12.5. The fraction of sp³-hybridized carbons (Fsp3) is 0.348. The molecule has 0 saturated carbocycles. The van der Waals surface area contributed by atoms with Crippen molar-refractivity contribution in [2.75, 3.05) is 36.4 Å². The molecule has 0 unspecified atom stereocenters. The molecule has 170 valence electrons. The molecule has 1 heterocycles. The highest BCUT2D eigenvalue weighted by Crippen LogP contribution is 2.30. The molecule has 1 fully saturated rings. The number of hydrogen-bond acceptors (Lipinski definition) is 4. The number of nitrogens with zero attached hydrogens (tertiary/aromatic N) is 2. The van der Waals surface area contributed by atoms with Crippen LogP contribution in [0.3, 0.4) is 0 Å². The van der Waals surface area contributed by atoms with Gasteiger partial charge in [0.05, 0.1) is 21.3 Å². The van der Waals surface area contributed by atoms with Gasteiger partial charge in [0.2, 0.25) is 5.91 Å². The van der Waals surface area contributed by atoms with Crippen molar-refractivity contribution in [2.45, 2.75) is 20.8 Å². The molecule has 0 atom stereocenters. The molecule has 0 radical (unpaired) electrons. The van der Waals surface area contributed by atoms with Gasteiger partial charge in [0.25, 0.3) is 5.91 Å². The van der Waals surface area contributed by atoms with Crippen molar-refractivity contribution in [2.24, 2.45) is 5.41 Å². The van der Waals surface area contributed by atoms with Crippen LogP contribution in [0.5, 0.6) is 0 Å². The number of amides is 2. The standard InChI is InChI=1S/C23H26Cl2N4O2S/c1-23(2,3)21(31)29-12-10-28(11-13-29)19-9-8-15(14-18(19)25)26-22(32)27-20(30)16-6-4-5-7-17(16)24/h4-9,14H,10-13H2,1-3H3,(H2,26,27,30,32). The number of piperazine rings is 1. The van der Waals surface area contributed by atoms with E-state index in [0.717, 1.165) is 5.69 Å². The highest BCUT2D eigenvalue weighted by atomic mass is 35.5. The lowest BCUT2D eigenvalue weighted by Gasteiger charge is -2.39. The van der Waals surface area contributed by atoms with Crippen molar-refractivity contribution in [3.8, 4) is 0 Å². The fourth-order valence-corrected chi connectivity index (χ4v) is 4.18. The highest BCUT2D eigenvalue weighted by Gasteiger charge is 2.30. The number of anilines is 2. The van der Waals surface area contributed by atoms with Crippen LogP contribution >= 0.6 is 35.4 Å². The monoisotopic (exact) mass is 492 g/mol. The maximum absolute atomic E-state index is 12.5. The first kappa shape index (κ1) is 24.3. The van der Waals surface area contributed by atoms with Crippen LogP contribution in [0.1, 0.15) is 31.1 Å². The van der Waals surface area contributed by atoms with E-state index >= 15 is 0 Å². The zero-order valence-corrected chi connectivity index (χ0v) is 20.6. The van der Waals surface area contributed by atoms with Gasteiger partial charge >= 0.3 is 0 Å². The van der Waals surface area contributed by atoms with Crippen molar-refractivity contribution >= 4 is 63.7 Å². The van der Waals surface area contributed by atoms with E-state index in [9.17, 15) is 9.59 Å².